The summed E-state index contributed by atoms with van der Waals surface area (Å²) in [6.45, 7) is 5.40. The van der Waals surface area contributed by atoms with Crippen molar-refractivity contribution in [1.82, 2.24) is 5.32 Å². The minimum Gasteiger partial charge on any atom is -0.345 e. The molecule has 1 heterocycles. The molecule has 6 heteroatoms. The first kappa shape index (κ1) is 14.5. The fourth-order valence-corrected chi connectivity index (χ4v) is 2.47. The number of carbonyl (C=O) groups is 2. The molecule has 1 amide bonds. The van der Waals surface area contributed by atoms with Gasteiger partial charge in [-0.3, -0.25) is 9.59 Å². The minimum absolute atomic E-state index is 0.00781. The van der Waals surface area contributed by atoms with Crippen molar-refractivity contribution in [2.24, 2.45) is 5.41 Å². The molecule has 0 fully saturated rings. The van der Waals surface area contributed by atoms with Crippen LogP contribution in [0.1, 0.15) is 31.1 Å². The highest BCUT2D eigenvalue weighted by molar-refractivity contribution is 7.20. The molecule has 3 nitrogen and oxygen atoms in total. The van der Waals surface area contributed by atoms with Gasteiger partial charge in [-0.1, -0.05) is 44.0 Å². The summed E-state index contributed by atoms with van der Waals surface area (Å²) in [6.07, 6.45) is 0. The van der Waals surface area contributed by atoms with E-state index in [9.17, 15) is 9.59 Å². The Labute approximate surface area is 114 Å². The maximum Gasteiger partial charge on any atom is 0.254 e. The molecule has 0 aliphatic heterocycles. The van der Waals surface area contributed by atoms with Crippen molar-refractivity contribution < 1.29 is 9.59 Å². The van der Waals surface area contributed by atoms with Crippen molar-refractivity contribution in [3.63, 3.8) is 0 Å². The van der Waals surface area contributed by atoms with Crippen LogP contribution in [0.15, 0.2) is 6.07 Å². The summed E-state index contributed by atoms with van der Waals surface area (Å²) in [7, 11) is 0. The molecule has 0 atom stereocenters. The van der Waals surface area contributed by atoms with E-state index in [4.69, 9.17) is 23.2 Å². The highest BCUT2D eigenvalue weighted by atomic mass is 35.5. The van der Waals surface area contributed by atoms with Crippen LogP contribution < -0.4 is 5.32 Å². The highest BCUT2D eigenvalue weighted by Crippen LogP contribution is 2.30. The second kappa shape index (κ2) is 5.38. The lowest BCUT2D eigenvalue weighted by Gasteiger charge is -2.16. The fourth-order valence-electron chi connectivity index (χ4n) is 1.02. The first-order chi connectivity index (χ1) is 7.71. The quantitative estimate of drug-likeness (QED) is 0.928. The highest BCUT2D eigenvalue weighted by Gasteiger charge is 2.22. The van der Waals surface area contributed by atoms with Crippen molar-refractivity contribution >= 4 is 46.2 Å². The van der Waals surface area contributed by atoms with Crippen molar-refractivity contribution in [3.05, 3.63) is 20.3 Å². The Morgan fingerprint density at radius 3 is 2.35 bits per heavy atom. The van der Waals surface area contributed by atoms with Gasteiger partial charge in [-0.2, -0.15) is 0 Å². The van der Waals surface area contributed by atoms with Gasteiger partial charge in [0.05, 0.1) is 16.4 Å². The van der Waals surface area contributed by atoms with E-state index in [-0.39, 0.29) is 18.2 Å². The number of Topliss-reactive ketones (excluding diaryl/α,β-unsaturated/α-hetero) is 1. The molecular weight excluding hydrogens is 281 g/mol. The van der Waals surface area contributed by atoms with E-state index in [0.717, 1.165) is 11.3 Å². The Hall–Kier alpha value is -0.580. The summed E-state index contributed by atoms with van der Waals surface area (Å²) in [6, 6.07) is 1.49. The summed E-state index contributed by atoms with van der Waals surface area (Å²) in [5, 5.41) is 2.53. The number of rotatable bonds is 3. The number of hydrogen-bond donors (Lipinski definition) is 1. The third-order valence-electron chi connectivity index (χ3n) is 2.15. The predicted molar refractivity (Wildman–Crippen MR) is 71.1 cm³/mol. The summed E-state index contributed by atoms with van der Waals surface area (Å²) in [5.74, 6) is -0.418. The number of carbonyl (C=O) groups excluding carboxylic acids is 2. The van der Waals surface area contributed by atoms with Crippen LogP contribution in [-0.4, -0.2) is 18.2 Å². The van der Waals surface area contributed by atoms with E-state index in [2.05, 4.69) is 5.32 Å². The first-order valence-electron chi connectivity index (χ1n) is 4.98. The van der Waals surface area contributed by atoms with Crippen molar-refractivity contribution in [3.8, 4) is 0 Å². The van der Waals surface area contributed by atoms with Crippen molar-refractivity contribution in [2.45, 2.75) is 20.8 Å². The zero-order valence-electron chi connectivity index (χ0n) is 9.77. The molecule has 0 aliphatic carbocycles. The number of amides is 1. The van der Waals surface area contributed by atoms with Crippen molar-refractivity contribution in [1.29, 1.82) is 0 Å². The van der Waals surface area contributed by atoms with E-state index in [1.807, 2.05) is 0 Å². The first-order valence-corrected chi connectivity index (χ1v) is 6.55. The number of halogens is 2. The molecule has 94 valence electrons. The van der Waals surface area contributed by atoms with E-state index >= 15 is 0 Å². The van der Waals surface area contributed by atoms with Gasteiger partial charge in [0.2, 0.25) is 0 Å². The smallest absolute Gasteiger partial charge is 0.254 e. The van der Waals surface area contributed by atoms with E-state index < -0.39 is 5.41 Å². The molecule has 0 saturated heterocycles. The summed E-state index contributed by atoms with van der Waals surface area (Å²) >= 11 is 12.7. The second-order valence-corrected chi connectivity index (χ2v) is 6.88. The topological polar surface area (TPSA) is 46.2 Å². The molecule has 0 radical (unpaired) electrons. The Kier molecular flexibility index (Phi) is 4.58. The van der Waals surface area contributed by atoms with Gasteiger partial charge < -0.3 is 5.32 Å². The third-order valence-corrected chi connectivity index (χ3v) is 3.63. The number of thiophene rings is 1. The van der Waals surface area contributed by atoms with E-state index in [1.54, 1.807) is 20.8 Å². The standard InChI is InChI=1S/C11H13Cl2NO2S/c1-11(2,3)7(15)5-14-10(16)6-4-8(12)17-9(6)13/h4H,5H2,1-3H3,(H,14,16). The second-order valence-electron chi connectivity index (χ2n) is 4.59. The largest absolute Gasteiger partial charge is 0.345 e. The van der Waals surface area contributed by atoms with Gasteiger partial charge in [0.1, 0.15) is 4.34 Å². The monoisotopic (exact) mass is 293 g/mol. The van der Waals surface area contributed by atoms with Crippen LogP contribution in [0.2, 0.25) is 8.67 Å². The van der Waals surface area contributed by atoms with Gasteiger partial charge in [-0.15, -0.1) is 11.3 Å². The molecule has 1 N–H and O–H groups in total. The molecule has 0 bridgehead atoms. The zero-order chi connectivity index (χ0) is 13.2. The lowest BCUT2D eigenvalue weighted by molar-refractivity contribution is -0.125. The van der Waals surface area contributed by atoms with Crippen LogP contribution in [0.5, 0.6) is 0 Å². The molecule has 1 aromatic heterocycles. The van der Waals surface area contributed by atoms with Crippen molar-refractivity contribution in [2.75, 3.05) is 6.54 Å². The van der Waals surface area contributed by atoms with Crippen LogP contribution in [0.4, 0.5) is 0 Å². The molecule has 0 spiro atoms. The number of ketones is 1. The van der Waals surface area contributed by atoms with Gasteiger partial charge in [0.15, 0.2) is 5.78 Å². The lowest BCUT2D eigenvalue weighted by Crippen LogP contribution is -2.35. The van der Waals surface area contributed by atoms with Crippen LogP contribution in [0.3, 0.4) is 0 Å². The molecule has 0 aromatic carbocycles. The van der Waals surface area contributed by atoms with E-state index in [1.165, 1.54) is 6.07 Å². The number of nitrogens with one attached hydrogen (secondary N) is 1. The molecule has 17 heavy (non-hydrogen) atoms. The Morgan fingerprint density at radius 2 is 1.94 bits per heavy atom. The molecule has 0 unspecified atom stereocenters. The van der Waals surface area contributed by atoms with Crippen LogP contribution in [0.25, 0.3) is 0 Å². The Morgan fingerprint density at radius 1 is 1.35 bits per heavy atom. The summed E-state index contributed by atoms with van der Waals surface area (Å²) in [5.41, 5.74) is -0.160. The molecule has 0 saturated carbocycles. The van der Waals surface area contributed by atoms with Gasteiger partial charge in [0, 0.05) is 5.41 Å². The normalized spacial score (nSPS) is 11.4. The minimum atomic E-state index is -0.469. The predicted octanol–water partition coefficient (Wildman–Crippen LogP) is 3.40. The zero-order valence-corrected chi connectivity index (χ0v) is 12.1. The Bertz CT molecular complexity index is 449. The third kappa shape index (κ3) is 3.98. The molecular formula is C11H13Cl2NO2S. The number of hydrogen-bond acceptors (Lipinski definition) is 3. The summed E-state index contributed by atoms with van der Waals surface area (Å²) in [4.78, 5) is 23.3. The van der Waals surface area contributed by atoms with Gasteiger partial charge in [-0.25, -0.2) is 0 Å². The van der Waals surface area contributed by atoms with E-state index in [0.29, 0.717) is 14.2 Å². The van der Waals surface area contributed by atoms with Gasteiger partial charge >= 0.3 is 0 Å². The Balaban J connectivity index is 2.63. The molecule has 1 rings (SSSR count). The SMILES string of the molecule is CC(C)(C)C(=O)CNC(=O)c1cc(Cl)sc1Cl. The van der Waals surface area contributed by atoms with Crippen LogP contribution in [-0.2, 0) is 4.79 Å². The van der Waals surface area contributed by atoms with Crippen LogP contribution >= 0.6 is 34.5 Å². The maximum absolute atomic E-state index is 11.7. The summed E-state index contributed by atoms with van der Waals surface area (Å²) < 4.78 is 0.776. The average molecular weight is 294 g/mol. The average Bonchev–Trinajstić information content (AvgIpc) is 2.52. The molecule has 1 aromatic rings. The maximum atomic E-state index is 11.7. The van der Waals surface area contributed by atoms with Gasteiger partial charge in [-0.05, 0) is 6.07 Å². The molecule has 0 aliphatic rings. The fraction of sp³-hybridized carbons (Fsp3) is 0.455. The lowest BCUT2D eigenvalue weighted by atomic mass is 9.91. The van der Waals surface area contributed by atoms with Crippen LogP contribution in [0, 0.1) is 5.41 Å². The van der Waals surface area contributed by atoms with Gasteiger partial charge in [0.25, 0.3) is 5.91 Å².